The van der Waals surface area contributed by atoms with Crippen LogP contribution in [0.5, 0.6) is 5.88 Å². The fraction of sp³-hybridized carbons (Fsp3) is 0.333. The average molecular weight is 366 g/mol. The van der Waals surface area contributed by atoms with Crippen molar-refractivity contribution in [3.63, 3.8) is 0 Å². The highest BCUT2D eigenvalue weighted by atomic mass is 32.2. The van der Waals surface area contributed by atoms with Gasteiger partial charge in [-0.05, 0) is 24.3 Å². The second-order valence-electron chi connectivity index (χ2n) is 5.53. The first-order valence-electron chi connectivity index (χ1n) is 7.59. The number of aromatic nitrogens is 2. The normalized spacial score (nSPS) is 15.9. The Balaban J connectivity index is 1.75. The molecule has 10 heteroatoms. The maximum Gasteiger partial charge on any atom is 0.257 e. The van der Waals surface area contributed by atoms with E-state index in [-0.39, 0.29) is 22.3 Å². The first kappa shape index (κ1) is 17.4. The number of carbonyl (C=O) groups excluding carboxylic acids is 1. The number of aromatic hydroxyl groups is 1. The molecule has 0 atom stereocenters. The molecule has 0 aliphatic carbocycles. The number of nitrogens with one attached hydrogen (secondary N) is 1. The molecule has 1 saturated heterocycles. The molecule has 0 bridgehead atoms. The first-order chi connectivity index (χ1) is 11.9. The van der Waals surface area contributed by atoms with Gasteiger partial charge in [0.15, 0.2) is 0 Å². The molecule has 2 aromatic rings. The third-order valence-electron chi connectivity index (χ3n) is 3.81. The number of morpholine rings is 1. The lowest BCUT2D eigenvalue weighted by atomic mass is 10.2. The summed E-state index contributed by atoms with van der Waals surface area (Å²) in [4.78, 5) is 16.1. The van der Waals surface area contributed by atoms with Gasteiger partial charge < -0.3 is 14.4 Å². The molecule has 9 nitrogen and oxygen atoms in total. The zero-order valence-electron chi connectivity index (χ0n) is 13.5. The zero-order chi connectivity index (χ0) is 18.0. The van der Waals surface area contributed by atoms with Crippen molar-refractivity contribution in [1.82, 2.24) is 13.9 Å². The van der Waals surface area contributed by atoms with Gasteiger partial charge in [0.2, 0.25) is 21.9 Å². The Morgan fingerprint density at radius 2 is 1.88 bits per heavy atom. The monoisotopic (exact) mass is 366 g/mol. The number of hydrogen-bond donors (Lipinski definition) is 2. The molecule has 0 radical (unpaired) electrons. The van der Waals surface area contributed by atoms with Gasteiger partial charge in [0.25, 0.3) is 5.91 Å². The Morgan fingerprint density at radius 1 is 1.24 bits per heavy atom. The number of ether oxygens (including phenoxy) is 1. The average Bonchev–Trinajstić information content (AvgIpc) is 2.93. The van der Waals surface area contributed by atoms with Crippen LogP contribution in [-0.2, 0) is 21.8 Å². The Labute approximate surface area is 144 Å². The minimum atomic E-state index is -3.59. The lowest BCUT2D eigenvalue weighted by Gasteiger charge is -2.26. The van der Waals surface area contributed by atoms with E-state index in [1.54, 1.807) is 7.05 Å². The predicted octanol–water partition coefficient (Wildman–Crippen LogP) is 0.399. The number of rotatable bonds is 4. The van der Waals surface area contributed by atoms with Gasteiger partial charge in [-0.3, -0.25) is 10.1 Å². The zero-order valence-corrected chi connectivity index (χ0v) is 14.4. The van der Waals surface area contributed by atoms with Crippen molar-refractivity contribution in [1.29, 1.82) is 0 Å². The van der Waals surface area contributed by atoms with Gasteiger partial charge in [-0.25, -0.2) is 8.42 Å². The topological polar surface area (TPSA) is 114 Å². The summed E-state index contributed by atoms with van der Waals surface area (Å²) in [7, 11) is -1.97. The lowest BCUT2D eigenvalue weighted by molar-refractivity contribution is 0.0730. The van der Waals surface area contributed by atoms with E-state index in [4.69, 9.17) is 4.74 Å². The summed E-state index contributed by atoms with van der Waals surface area (Å²) in [5.41, 5.74) is 0.281. The number of hydrogen-bond acceptors (Lipinski definition) is 6. The second-order valence-corrected chi connectivity index (χ2v) is 7.47. The third-order valence-corrected chi connectivity index (χ3v) is 5.73. The van der Waals surface area contributed by atoms with Crippen LogP contribution in [0.2, 0.25) is 0 Å². The number of aryl methyl sites for hydroxylation is 1. The van der Waals surface area contributed by atoms with Crippen molar-refractivity contribution in [2.45, 2.75) is 4.90 Å². The van der Waals surface area contributed by atoms with Crippen LogP contribution >= 0.6 is 0 Å². The van der Waals surface area contributed by atoms with Crippen LogP contribution in [0.15, 0.2) is 35.4 Å². The first-order valence-corrected chi connectivity index (χ1v) is 9.03. The van der Waals surface area contributed by atoms with Gasteiger partial charge >= 0.3 is 0 Å². The molecule has 2 N–H and O–H groups in total. The van der Waals surface area contributed by atoms with Crippen molar-refractivity contribution in [2.24, 2.45) is 7.05 Å². The maximum atomic E-state index is 12.5. The standard InChI is InChI=1S/C15H18N4O5S/c1-18-10-13(20)16-15(18)17-14(21)11-2-4-12(5-3-11)25(22,23)19-6-8-24-9-7-19/h2-5,10,20H,6-9H2,1H3,(H,16,17,21). The molecular formula is C15H18N4O5S. The summed E-state index contributed by atoms with van der Waals surface area (Å²) >= 11 is 0. The van der Waals surface area contributed by atoms with E-state index >= 15 is 0 Å². The molecule has 1 fully saturated rings. The van der Waals surface area contributed by atoms with E-state index < -0.39 is 15.9 Å². The number of benzene rings is 1. The maximum absolute atomic E-state index is 12.5. The number of nitrogens with zero attached hydrogens (tertiary/aromatic N) is 3. The van der Waals surface area contributed by atoms with Gasteiger partial charge in [0.05, 0.1) is 24.3 Å². The number of sulfonamides is 1. The number of amides is 1. The van der Waals surface area contributed by atoms with E-state index in [9.17, 15) is 18.3 Å². The molecule has 1 amide bonds. The quantitative estimate of drug-likeness (QED) is 0.810. The van der Waals surface area contributed by atoms with Crippen LogP contribution in [0, 0.1) is 0 Å². The Kier molecular flexibility index (Phi) is 4.75. The minimum absolute atomic E-state index is 0.126. The van der Waals surface area contributed by atoms with Crippen molar-refractivity contribution < 1.29 is 23.1 Å². The second kappa shape index (κ2) is 6.82. The predicted molar refractivity (Wildman–Crippen MR) is 88.8 cm³/mol. The Morgan fingerprint density at radius 3 is 2.44 bits per heavy atom. The van der Waals surface area contributed by atoms with Gasteiger partial charge in [-0.15, -0.1) is 0 Å². The van der Waals surface area contributed by atoms with Gasteiger partial charge in [0.1, 0.15) is 0 Å². The molecule has 0 saturated carbocycles. The van der Waals surface area contributed by atoms with E-state index in [2.05, 4.69) is 10.3 Å². The summed E-state index contributed by atoms with van der Waals surface area (Å²) in [5, 5.41) is 11.8. The van der Waals surface area contributed by atoms with Crippen molar-refractivity contribution in [3.8, 4) is 5.88 Å². The van der Waals surface area contributed by atoms with Crippen LogP contribution < -0.4 is 5.32 Å². The molecular weight excluding hydrogens is 348 g/mol. The minimum Gasteiger partial charge on any atom is -0.492 e. The number of anilines is 1. The molecule has 25 heavy (non-hydrogen) atoms. The van der Waals surface area contributed by atoms with Crippen molar-refractivity contribution in [2.75, 3.05) is 31.6 Å². The van der Waals surface area contributed by atoms with Crippen LogP contribution in [0.3, 0.4) is 0 Å². The highest BCUT2D eigenvalue weighted by Gasteiger charge is 2.26. The SMILES string of the molecule is Cn1cc(O)nc1NC(=O)c1ccc(S(=O)(=O)N2CCOCC2)cc1. The highest BCUT2D eigenvalue weighted by molar-refractivity contribution is 7.89. The van der Waals surface area contributed by atoms with Crippen LogP contribution in [0.4, 0.5) is 5.95 Å². The molecule has 2 heterocycles. The molecule has 3 rings (SSSR count). The Hall–Kier alpha value is -2.43. The fourth-order valence-electron chi connectivity index (χ4n) is 2.45. The molecule has 134 valence electrons. The van der Waals surface area contributed by atoms with Gasteiger partial charge in [-0.1, -0.05) is 0 Å². The summed E-state index contributed by atoms with van der Waals surface area (Å²) in [6.45, 7) is 1.37. The van der Waals surface area contributed by atoms with E-state index in [0.29, 0.717) is 26.3 Å². The highest BCUT2D eigenvalue weighted by Crippen LogP contribution is 2.18. The largest absolute Gasteiger partial charge is 0.492 e. The van der Waals surface area contributed by atoms with Crippen LogP contribution in [0.1, 0.15) is 10.4 Å². The lowest BCUT2D eigenvalue weighted by Crippen LogP contribution is -2.40. The summed E-state index contributed by atoms with van der Waals surface area (Å²) in [5.74, 6) is -0.471. The van der Waals surface area contributed by atoms with E-state index in [0.717, 1.165) is 0 Å². The molecule has 1 aliphatic heterocycles. The molecule has 1 aliphatic rings. The smallest absolute Gasteiger partial charge is 0.257 e. The Bertz CT molecular complexity index is 870. The third kappa shape index (κ3) is 3.65. The molecule has 1 aromatic heterocycles. The van der Waals surface area contributed by atoms with Crippen LogP contribution in [-0.4, -0.2) is 59.6 Å². The summed E-state index contributed by atoms with van der Waals surface area (Å²) in [6, 6.07) is 5.67. The van der Waals surface area contributed by atoms with Crippen LogP contribution in [0.25, 0.3) is 0 Å². The number of carbonyl (C=O) groups is 1. The fourth-order valence-corrected chi connectivity index (χ4v) is 3.86. The summed E-state index contributed by atoms with van der Waals surface area (Å²) < 4.78 is 33.1. The van der Waals surface area contributed by atoms with Gasteiger partial charge in [0, 0.05) is 25.7 Å². The number of imidazole rings is 1. The van der Waals surface area contributed by atoms with Gasteiger partial charge in [-0.2, -0.15) is 9.29 Å². The summed E-state index contributed by atoms with van der Waals surface area (Å²) in [6.07, 6.45) is 1.35. The molecule has 0 unspecified atom stereocenters. The van der Waals surface area contributed by atoms with Crippen molar-refractivity contribution >= 4 is 21.9 Å². The van der Waals surface area contributed by atoms with E-state index in [1.165, 1.54) is 39.3 Å². The molecule has 1 aromatic carbocycles. The van der Waals surface area contributed by atoms with Crippen molar-refractivity contribution in [3.05, 3.63) is 36.0 Å². The van der Waals surface area contributed by atoms with E-state index in [1.807, 2.05) is 0 Å². The molecule has 0 spiro atoms.